The first-order valence-corrected chi connectivity index (χ1v) is 10.0. The van der Waals surface area contributed by atoms with Gasteiger partial charge in [0, 0.05) is 21.9 Å². The zero-order valence-electron chi connectivity index (χ0n) is 14.4. The molecule has 5 nitrogen and oxygen atoms in total. The van der Waals surface area contributed by atoms with Crippen molar-refractivity contribution in [2.45, 2.75) is 10.4 Å². The first kappa shape index (κ1) is 18.8. The molecule has 0 saturated heterocycles. The fourth-order valence-corrected chi connectivity index (χ4v) is 4.29. The van der Waals surface area contributed by atoms with Crippen LogP contribution in [0.3, 0.4) is 0 Å². The average Bonchev–Trinajstić information content (AvgIpc) is 3.09. The highest BCUT2D eigenvalue weighted by Gasteiger charge is 2.24. The van der Waals surface area contributed by atoms with Gasteiger partial charge in [0.2, 0.25) is 5.91 Å². The van der Waals surface area contributed by atoms with Gasteiger partial charge in [-0.3, -0.25) is 9.20 Å². The fourth-order valence-electron chi connectivity index (χ4n) is 2.74. The van der Waals surface area contributed by atoms with Crippen molar-refractivity contribution < 1.29 is 4.79 Å². The van der Waals surface area contributed by atoms with Gasteiger partial charge in [-0.2, -0.15) is 0 Å². The molecular weight excluding hydrogens is 415 g/mol. The second-order valence-corrected chi connectivity index (χ2v) is 7.91. The molecule has 1 N–H and O–H groups in total. The number of fused-ring (bicyclic) bond motifs is 1. The van der Waals surface area contributed by atoms with E-state index in [2.05, 4.69) is 15.5 Å². The normalized spacial score (nSPS) is 12.1. The molecule has 2 aromatic carbocycles. The summed E-state index contributed by atoms with van der Waals surface area (Å²) in [7, 11) is 0. The minimum atomic E-state index is -0.536. The highest BCUT2D eigenvalue weighted by atomic mass is 35.5. The van der Waals surface area contributed by atoms with Crippen LogP contribution in [0.1, 0.15) is 10.8 Å². The van der Waals surface area contributed by atoms with Crippen LogP contribution in [0, 0.1) is 0 Å². The van der Waals surface area contributed by atoms with Crippen molar-refractivity contribution in [3.05, 3.63) is 88.5 Å². The summed E-state index contributed by atoms with van der Waals surface area (Å²) in [6, 6.07) is 20.1. The smallest absolute Gasteiger partial charge is 0.242 e. The van der Waals surface area contributed by atoms with Gasteiger partial charge < -0.3 is 5.32 Å². The molecule has 0 fully saturated rings. The molecule has 2 heterocycles. The van der Waals surface area contributed by atoms with Gasteiger partial charge in [-0.15, -0.1) is 10.2 Å². The van der Waals surface area contributed by atoms with Gasteiger partial charge in [0.25, 0.3) is 0 Å². The Morgan fingerprint density at radius 1 is 0.964 bits per heavy atom. The van der Waals surface area contributed by atoms with E-state index >= 15 is 0 Å². The van der Waals surface area contributed by atoms with Crippen molar-refractivity contribution in [3.8, 4) is 0 Å². The van der Waals surface area contributed by atoms with E-state index in [1.54, 1.807) is 18.2 Å². The third kappa shape index (κ3) is 4.14. The zero-order chi connectivity index (χ0) is 19.5. The Labute approximate surface area is 175 Å². The van der Waals surface area contributed by atoms with E-state index in [9.17, 15) is 4.79 Å². The fraction of sp³-hybridized carbons (Fsp3) is 0.0500. The summed E-state index contributed by atoms with van der Waals surface area (Å²) < 4.78 is 1.85. The number of pyridine rings is 1. The molecule has 4 rings (SSSR count). The predicted molar refractivity (Wildman–Crippen MR) is 113 cm³/mol. The number of benzene rings is 2. The molecule has 0 spiro atoms. The summed E-state index contributed by atoms with van der Waals surface area (Å²) in [4.78, 5) is 13.1. The van der Waals surface area contributed by atoms with Crippen molar-refractivity contribution >= 4 is 52.2 Å². The third-order valence-electron chi connectivity index (χ3n) is 3.98. The van der Waals surface area contributed by atoms with Crippen LogP contribution < -0.4 is 5.32 Å². The predicted octanol–water partition coefficient (Wildman–Crippen LogP) is 5.51. The number of nitrogens with one attached hydrogen (secondary N) is 1. The lowest BCUT2D eigenvalue weighted by Crippen LogP contribution is -2.19. The number of nitrogens with zero attached hydrogens (tertiary/aromatic N) is 3. The molecule has 1 atom stereocenters. The summed E-state index contributed by atoms with van der Waals surface area (Å²) in [5.41, 5.74) is 2.11. The standard InChI is InChI=1S/C20H14Cl2N4OS/c21-14-10-15(22)12-16(11-14)23-19(27)18(13-6-2-1-3-7-13)28-20-25-24-17-8-4-5-9-26(17)20/h1-12,18H,(H,23,27). The number of carbonyl (C=O) groups excluding carboxylic acids is 1. The van der Waals surface area contributed by atoms with Crippen LogP contribution in [0.15, 0.2) is 78.1 Å². The largest absolute Gasteiger partial charge is 0.325 e. The van der Waals surface area contributed by atoms with Crippen molar-refractivity contribution in [1.29, 1.82) is 0 Å². The molecule has 4 aromatic rings. The van der Waals surface area contributed by atoms with Gasteiger partial charge in [-0.1, -0.05) is 71.4 Å². The van der Waals surface area contributed by atoms with E-state index in [1.807, 2.05) is 59.1 Å². The summed E-state index contributed by atoms with van der Waals surface area (Å²) >= 11 is 13.4. The van der Waals surface area contributed by atoms with Crippen molar-refractivity contribution in [3.63, 3.8) is 0 Å². The molecular formula is C20H14Cl2N4OS. The van der Waals surface area contributed by atoms with Crippen LogP contribution in [0.2, 0.25) is 10.0 Å². The number of rotatable bonds is 5. The maximum absolute atomic E-state index is 13.1. The molecule has 1 unspecified atom stereocenters. The maximum Gasteiger partial charge on any atom is 0.242 e. The van der Waals surface area contributed by atoms with E-state index < -0.39 is 5.25 Å². The van der Waals surface area contributed by atoms with E-state index in [1.165, 1.54) is 11.8 Å². The Balaban J connectivity index is 1.66. The first-order chi connectivity index (χ1) is 13.6. The summed E-state index contributed by atoms with van der Waals surface area (Å²) in [5.74, 6) is -0.206. The minimum Gasteiger partial charge on any atom is -0.325 e. The van der Waals surface area contributed by atoms with Crippen LogP contribution >= 0.6 is 35.0 Å². The number of hydrogen-bond acceptors (Lipinski definition) is 4. The van der Waals surface area contributed by atoms with Gasteiger partial charge in [0.1, 0.15) is 5.25 Å². The van der Waals surface area contributed by atoms with E-state index in [0.29, 0.717) is 20.9 Å². The van der Waals surface area contributed by atoms with E-state index in [0.717, 1.165) is 11.2 Å². The summed E-state index contributed by atoms with van der Waals surface area (Å²) in [5, 5.41) is 12.3. The molecule has 0 saturated carbocycles. The number of anilines is 1. The molecule has 0 radical (unpaired) electrons. The number of amides is 1. The number of thioether (sulfide) groups is 1. The topological polar surface area (TPSA) is 59.3 Å². The molecule has 0 aliphatic rings. The van der Waals surface area contributed by atoms with Crippen LogP contribution in [0.4, 0.5) is 5.69 Å². The molecule has 8 heteroatoms. The second-order valence-electron chi connectivity index (χ2n) is 5.97. The maximum atomic E-state index is 13.1. The Bertz CT molecular complexity index is 1110. The van der Waals surface area contributed by atoms with E-state index in [4.69, 9.17) is 23.2 Å². The lowest BCUT2D eigenvalue weighted by Gasteiger charge is -2.16. The molecule has 0 aliphatic carbocycles. The third-order valence-corrected chi connectivity index (χ3v) is 5.62. The number of hydrogen-bond donors (Lipinski definition) is 1. The van der Waals surface area contributed by atoms with E-state index in [-0.39, 0.29) is 5.91 Å². The zero-order valence-corrected chi connectivity index (χ0v) is 16.7. The highest BCUT2D eigenvalue weighted by Crippen LogP contribution is 2.36. The summed E-state index contributed by atoms with van der Waals surface area (Å²) in [6.45, 7) is 0. The molecule has 1 amide bonds. The monoisotopic (exact) mass is 428 g/mol. The quantitative estimate of drug-likeness (QED) is 0.425. The van der Waals surface area contributed by atoms with Gasteiger partial charge in [0.05, 0.1) is 0 Å². The molecule has 0 bridgehead atoms. The number of carbonyl (C=O) groups is 1. The molecule has 28 heavy (non-hydrogen) atoms. The van der Waals surface area contributed by atoms with Crippen LogP contribution in [-0.2, 0) is 4.79 Å². The second kappa shape index (κ2) is 8.22. The van der Waals surface area contributed by atoms with Crippen molar-refractivity contribution in [2.24, 2.45) is 0 Å². The summed E-state index contributed by atoms with van der Waals surface area (Å²) in [6.07, 6.45) is 1.87. The van der Waals surface area contributed by atoms with Gasteiger partial charge in [-0.25, -0.2) is 0 Å². The first-order valence-electron chi connectivity index (χ1n) is 8.38. The minimum absolute atomic E-state index is 0.206. The number of aromatic nitrogens is 3. The Kier molecular flexibility index (Phi) is 5.52. The van der Waals surface area contributed by atoms with Crippen molar-refractivity contribution in [2.75, 3.05) is 5.32 Å². The van der Waals surface area contributed by atoms with Gasteiger partial charge in [0.15, 0.2) is 10.8 Å². The molecule has 0 aliphatic heterocycles. The van der Waals surface area contributed by atoms with Crippen molar-refractivity contribution in [1.82, 2.24) is 14.6 Å². The Hall–Kier alpha value is -2.54. The number of halogens is 2. The van der Waals surface area contributed by atoms with Crippen LogP contribution in [-0.4, -0.2) is 20.5 Å². The molecule has 2 aromatic heterocycles. The van der Waals surface area contributed by atoms with Gasteiger partial charge in [-0.05, 0) is 35.9 Å². The lowest BCUT2D eigenvalue weighted by atomic mass is 10.1. The Morgan fingerprint density at radius 3 is 2.43 bits per heavy atom. The van der Waals surface area contributed by atoms with Crippen LogP contribution in [0.5, 0.6) is 0 Å². The SMILES string of the molecule is O=C(Nc1cc(Cl)cc(Cl)c1)C(Sc1nnc2ccccn12)c1ccccc1. The molecule has 140 valence electrons. The Morgan fingerprint density at radius 2 is 1.68 bits per heavy atom. The highest BCUT2D eigenvalue weighted by molar-refractivity contribution is 8.00. The van der Waals surface area contributed by atoms with Crippen LogP contribution in [0.25, 0.3) is 5.65 Å². The lowest BCUT2D eigenvalue weighted by molar-refractivity contribution is -0.115. The average molecular weight is 429 g/mol. The van der Waals surface area contributed by atoms with Gasteiger partial charge >= 0.3 is 0 Å².